The van der Waals surface area contributed by atoms with Gasteiger partial charge in [-0.15, -0.1) is 0 Å². The first-order valence-corrected chi connectivity index (χ1v) is 4.77. The van der Waals surface area contributed by atoms with E-state index in [9.17, 15) is 4.79 Å². The molecular formula is C11H14N2O. The first-order valence-electron chi connectivity index (χ1n) is 4.77. The van der Waals surface area contributed by atoms with Crippen molar-refractivity contribution >= 4 is 5.78 Å². The van der Waals surface area contributed by atoms with E-state index >= 15 is 0 Å². The fourth-order valence-electron chi connectivity index (χ4n) is 1.92. The lowest BCUT2D eigenvalue weighted by Gasteiger charge is -2.31. The summed E-state index contributed by atoms with van der Waals surface area (Å²) < 4.78 is 0. The number of fused-ring (bicyclic) bond motifs is 1. The number of hydrogen-bond donors (Lipinski definition) is 1. The Morgan fingerprint density at radius 2 is 2.07 bits per heavy atom. The molecule has 0 aliphatic carbocycles. The summed E-state index contributed by atoms with van der Waals surface area (Å²) in [7, 11) is 0. The van der Waals surface area contributed by atoms with Gasteiger partial charge < -0.3 is 0 Å². The van der Waals surface area contributed by atoms with Gasteiger partial charge in [-0.2, -0.15) is 0 Å². The van der Waals surface area contributed by atoms with Gasteiger partial charge in [0.1, 0.15) is 5.78 Å². The smallest absolute Gasteiger partial charge is 0.148 e. The first kappa shape index (κ1) is 9.37. The molecule has 0 amide bonds. The van der Waals surface area contributed by atoms with Crippen molar-refractivity contribution in [2.24, 2.45) is 5.84 Å². The molecule has 3 heteroatoms. The minimum absolute atomic E-state index is 0.141. The van der Waals surface area contributed by atoms with Gasteiger partial charge in [-0.3, -0.25) is 10.6 Å². The summed E-state index contributed by atoms with van der Waals surface area (Å²) in [6.07, 6.45) is 0.738. The molecule has 1 unspecified atom stereocenters. The molecular weight excluding hydrogens is 176 g/mol. The summed E-state index contributed by atoms with van der Waals surface area (Å²) in [5, 5.41) is 1.63. The van der Waals surface area contributed by atoms with Crippen LogP contribution in [0, 0.1) is 0 Å². The minimum Gasteiger partial charge on any atom is -0.298 e. The van der Waals surface area contributed by atoms with Gasteiger partial charge in [-0.05, 0) is 24.5 Å². The average Bonchev–Trinajstić information content (AvgIpc) is 2.16. The lowest BCUT2D eigenvalue weighted by molar-refractivity contribution is -0.122. The maximum absolute atomic E-state index is 11.3. The fraction of sp³-hybridized carbons (Fsp3) is 0.364. The minimum atomic E-state index is -0.148. The van der Waals surface area contributed by atoms with E-state index in [2.05, 4.69) is 12.1 Å². The van der Waals surface area contributed by atoms with E-state index in [-0.39, 0.29) is 11.8 Å². The van der Waals surface area contributed by atoms with Crippen molar-refractivity contribution in [2.45, 2.75) is 25.9 Å². The summed E-state index contributed by atoms with van der Waals surface area (Å²) in [6, 6.07) is 7.98. The normalized spacial score (nSPS) is 21.7. The van der Waals surface area contributed by atoms with Gasteiger partial charge in [0, 0.05) is 6.54 Å². The van der Waals surface area contributed by atoms with Crippen molar-refractivity contribution in [3.8, 4) is 0 Å². The maximum atomic E-state index is 11.3. The van der Waals surface area contributed by atoms with Crippen LogP contribution >= 0.6 is 0 Å². The van der Waals surface area contributed by atoms with Crippen LogP contribution in [-0.4, -0.2) is 16.8 Å². The number of Topliss-reactive ketones (excluding diaryl/α,β-unsaturated/α-hetero) is 1. The zero-order chi connectivity index (χ0) is 10.1. The van der Waals surface area contributed by atoms with Crippen LogP contribution in [0.3, 0.4) is 0 Å². The molecule has 0 radical (unpaired) electrons. The van der Waals surface area contributed by atoms with Gasteiger partial charge in [-0.1, -0.05) is 24.3 Å². The van der Waals surface area contributed by atoms with Crippen LogP contribution in [0.4, 0.5) is 0 Å². The predicted octanol–water partition coefficient (Wildman–Crippen LogP) is 0.876. The number of carbonyl (C=O) groups is 1. The number of nitrogens with zero attached hydrogens (tertiary/aromatic N) is 1. The van der Waals surface area contributed by atoms with E-state index in [1.807, 2.05) is 12.1 Å². The second kappa shape index (κ2) is 3.52. The second-order valence-electron chi connectivity index (χ2n) is 3.77. The zero-order valence-corrected chi connectivity index (χ0v) is 8.23. The monoisotopic (exact) mass is 190 g/mol. The van der Waals surface area contributed by atoms with Crippen molar-refractivity contribution < 1.29 is 4.79 Å². The lowest BCUT2D eigenvalue weighted by Crippen LogP contribution is -2.48. The zero-order valence-electron chi connectivity index (χ0n) is 8.23. The highest BCUT2D eigenvalue weighted by Gasteiger charge is 2.26. The van der Waals surface area contributed by atoms with E-state index in [1.54, 1.807) is 11.9 Å². The number of benzene rings is 1. The molecule has 0 spiro atoms. The topological polar surface area (TPSA) is 46.3 Å². The molecule has 1 heterocycles. The number of hydrogen-bond acceptors (Lipinski definition) is 3. The third kappa shape index (κ3) is 1.56. The molecule has 2 N–H and O–H groups in total. The Balaban J connectivity index is 2.31. The first-order chi connectivity index (χ1) is 6.68. The highest BCUT2D eigenvalue weighted by molar-refractivity contribution is 5.82. The van der Waals surface area contributed by atoms with Crippen LogP contribution in [0.25, 0.3) is 0 Å². The number of hydrazine groups is 1. The van der Waals surface area contributed by atoms with Crippen LogP contribution < -0.4 is 5.84 Å². The number of rotatable bonds is 1. The summed E-state index contributed by atoms with van der Waals surface area (Å²) in [6.45, 7) is 2.26. The molecule has 14 heavy (non-hydrogen) atoms. The molecule has 74 valence electrons. The van der Waals surface area contributed by atoms with Crippen LogP contribution in [0.2, 0.25) is 0 Å². The number of nitrogens with two attached hydrogens (primary N) is 1. The molecule has 1 aliphatic heterocycles. The average molecular weight is 190 g/mol. The van der Waals surface area contributed by atoms with Crippen molar-refractivity contribution in [3.05, 3.63) is 35.4 Å². The van der Waals surface area contributed by atoms with Crippen molar-refractivity contribution in [3.63, 3.8) is 0 Å². The van der Waals surface area contributed by atoms with Crippen LogP contribution in [0.15, 0.2) is 24.3 Å². The molecule has 0 aromatic heterocycles. The van der Waals surface area contributed by atoms with Gasteiger partial charge in [0.2, 0.25) is 0 Å². The summed E-state index contributed by atoms with van der Waals surface area (Å²) in [5.41, 5.74) is 2.47. The molecule has 0 saturated carbocycles. The van der Waals surface area contributed by atoms with E-state index in [0.717, 1.165) is 6.42 Å². The number of ketones is 1. The second-order valence-corrected chi connectivity index (χ2v) is 3.77. The van der Waals surface area contributed by atoms with Crippen LogP contribution in [0.5, 0.6) is 0 Å². The Bertz CT molecular complexity index is 362. The van der Waals surface area contributed by atoms with Crippen LogP contribution in [-0.2, 0) is 17.8 Å². The Morgan fingerprint density at radius 1 is 1.43 bits per heavy atom. The van der Waals surface area contributed by atoms with Gasteiger partial charge in [0.25, 0.3) is 0 Å². The Morgan fingerprint density at radius 3 is 2.71 bits per heavy atom. The molecule has 1 atom stereocenters. The summed E-state index contributed by atoms with van der Waals surface area (Å²) in [5.74, 6) is 5.95. The third-order valence-corrected chi connectivity index (χ3v) is 2.75. The van der Waals surface area contributed by atoms with E-state index in [1.165, 1.54) is 11.1 Å². The molecule has 2 rings (SSSR count). The molecule has 0 bridgehead atoms. The van der Waals surface area contributed by atoms with E-state index in [0.29, 0.717) is 6.54 Å². The molecule has 0 saturated heterocycles. The van der Waals surface area contributed by atoms with Crippen molar-refractivity contribution in [1.29, 1.82) is 0 Å². The molecule has 1 aromatic rings. The van der Waals surface area contributed by atoms with Gasteiger partial charge in [0.15, 0.2) is 0 Å². The largest absolute Gasteiger partial charge is 0.298 e. The quantitative estimate of drug-likeness (QED) is 0.668. The van der Waals surface area contributed by atoms with E-state index < -0.39 is 0 Å². The summed E-state index contributed by atoms with van der Waals surface area (Å²) >= 11 is 0. The molecule has 0 fully saturated rings. The third-order valence-electron chi connectivity index (χ3n) is 2.75. The van der Waals surface area contributed by atoms with Gasteiger partial charge in [0.05, 0.1) is 6.04 Å². The fourth-order valence-corrected chi connectivity index (χ4v) is 1.92. The lowest BCUT2D eigenvalue weighted by atomic mass is 9.93. The predicted molar refractivity (Wildman–Crippen MR) is 54.3 cm³/mol. The summed E-state index contributed by atoms with van der Waals surface area (Å²) in [4.78, 5) is 11.3. The van der Waals surface area contributed by atoms with Crippen LogP contribution in [0.1, 0.15) is 18.1 Å². The molecule has 1 aliphatic rings. The molecule has 3 nitrogen and oxygen atoms in total. The van der Waals surface area contributed by atoms with Crippen molar-refractivity contribution in [2.75, 3.05) is 0 Å². The van der Waals surface area contributed by atoms with Gasteiger partial charge in [-0.25, -0.2) is 5.01 Å². The number of carbonyl (C=O) groups excluding carboxylic acids is 1. The Labute approximate surface area is 83.5 Å². The maximum Gasteiger partial charge on any atom is 0.148 e. The Kier molecular flexibility index (Phi) is 2.35. The van der Waals surface area contributed by atoms with E-state index in [4.69, 9.17) is 5.84 Å². The highest BCUT2D eigenvalue weighted by atomic mass is 16.1. The van der Waals surface area contributed by atoms with Gasteiger partial charge >= 0.3 is 0 Å². The van der Waals surface area contributed by atoms with Crippen molar-refractivity contribution in [1.82, 2.24) is 5.01 Å². The Hall–Kier alpha value is -1.19. The standard InChI is InChI=1S/C11H14N2O/c1-8(14)11-6-9-4-2-3-5-10(9)7-13(11)12/h2-5,11H,6-7,12H2,1H3. The highest BCUT2D eigenvalue weighted by Crippen LogP contribution is 2.20. The SMILES string of the molecule is CC(=O)C1Cc2ccccc2CN1N. The molecule has 1 aromatic carbocycles.